The van der Waals surface area contributed by atoms with Gasteiger partial charge in [-0.25, -0.2) is 0 Å². The number of ether oxygens (including phenoxy) is 1. The fraction of sp³-hybridized carbons (Fsp3) is 0.643. The van der Waals surface area contributed by atoms with Crippen molar-refractivity contribution in [2.45, 2.75) is 38.1 Å². The van der Waals surface area contributed by atoms with Gasteiger partial charge in [-0.3, -0.25) is 4.79 Å². The summed E-state index contributed by atoms with van der Waals surface area (Å²) in [6.45, 7) is 0.110. The third-order valence-electron chi connectivity index (χ3n) is 3.79. The zero-order chi connectivity index (χ0) is 14.4. The normalized spacial score (nSPS) is 22.9. The van der Waals surface area contributed by atoms with Crippen LogP contribution >= 0.6 is 0 Å². The molecule has 0 unspecified atom stereocenters. The number of methoxy groups -OCH3 is 1. The van der Waals surface area contributed by atoms with E-state index in [1.807, 2.05) is 0 Å². The van der Waals surface area contributed by atoms with Gasteiger partial charge in [0.2, 0.25) is 5.88 Å². The van der Waals surface area contributed by atoms with E-state index >= 15 is 0 Å². The first-order chi connectivity index (χ1) is 9.74. The number of carbonyl (C=O) groups excluding carboxylic acids is 1. The lowest BCUT2D eigenvalue weighted by atomic mass is 9.95. The van der Waals surface area contributed by atoms with Crippen LogP contribution in [0.5, 0.6) is 5.88 Å². The van der Waals surface area contributed by atoms with Crippen LogP contribution in [0.3, 0.4) is 0 Å². The number of hydrogen-bond acceptors (Lipinski definition) is 5. The second-order valence-corrected chi connectivity index (χ2v) is 5.12. The summed E-state index contributed by atoms with van der Waals surface area (Å²) in [6, 6.07) is 3.21. The van der Waals surface area contributed by atoms with E-state index in [4.69, 9.17) is 4.74 Å². The van der Waals surface area contributed by atoms with Gasteiger partial charge < -0.3 is 15.2 Å². The molecular formula is C14H21N3O3. The molecule has 6 heteroatoms. The molecule has 0 radical (unpaired) electrons. The van der Waals surface area contributed by atoms with E-state index in [0.717, 1.165) is 32.1 Å². The van der Waals surface area contributed by atoms with Crippen molar-refractivity contribution in [2.75, 3.05) is 13.7 Å². The highest BCUT2D eigenvalue weighted by Gasteiger charge is 2.25. The molecule has 1 fully saturated rings. The summed E-state index contributed by atoms with van der Waals surface area (Å²) >= 11 is 0. The van der Waals surface area contributed by atoms with E-state index < -0.39 is 0 Å². The molecule has 1 amide bonds. The minimum Gasteiger partial charge on any atom is -0.480 e. The Balaban J connectivity index is 2.00. The first kappa shape index (κ1) is 14.7. The van der Waals surface area contributed by atoms with Crippen molar-refractivity contribution in [3.05, 3.63) is 17.8 Å². The van der Waals surface area contributed by atoms with Crippen LogP contribution in [0.1, 0.15) is 42.6 Å². The first-order valence-corrected chi connectivity index (χ1v) is 7.04. The molecule has 6 nitrogen and oxygen atoms in total. The predicted molar refractivity (Wildman–Crippen MR) is 73.5 cm³/mol. The van der Waals surface area contributed by atoms with Gasteiger partial charge in [0.25, 0.3) is 5.91 Å². The van der Waals surface area contributed by atoms with Crippen molar-refractivity contribution in [1.29, 1.82) is 0 Å². The van der Waals surface area contributed by atoms with E-state index in [9.17, 15) is 9.90 Å². The number of hydrogen-bond donors (Lipinski definition) is 2. The van der Waals surface area contributed by atoms with Gasteiger partial charge >= 0.3 is 0 Å². The second-order valence-electron chi connectivity index (χ2n) is 5.12. The average Bonchev–Trinajstić information content (AvgIpc) is 2.72. The highest BCUT2D eigenvalue weighted by Crippen LogP contribution is 2.23. The SMILES string of the molecule is COc1ccc(C(=O)N[C@H]2CCCCC[C@H]2CO)nn1. The number of rotatable bonds is 4. The Hall–Kier alpha value is -1.69. The lowest BCUT2D eigenvalue weighted by Gasteiger charge is -2.24. The number of aliphatic hydroxyl groups is 1. The Morgan fingerprint density at radius 3 is 2.80 bits per heavy atom. The molecule has 2 rings (SSSR count). The van der Waals surface area contributed by atoms with Gasteiger partial charge in [0.05, 0.1) is 7.11 Å². The topological polar surface area (TPSA) is 84.3 Å². The van der Waals surface area contributed by atoms with Gasteiger partial charge in [-0.05, 0) is 18.9 Å². The fourth-order valence-corrected chi connectivity index (χ4v) is 2.59. The summed E-state index contributed by atoms with van der Waals surface area (Å²) in [5.41, 5.74) is 0.270. The molecule has 2 N–H and O–H groups in total. The van der Waals surface area contributed by atoms with Gasteiger partial charge in [-0.15, -0.1) is 10.2 Å². The second kappa shape index (κ2) is 7.19. The van der Waals surface area contributed by atoms with Crippen LogP contribution in [0.15, 0.2) is 12.1 Å². The summed E-state index contributed by atoms with van der Waals surface area (Å²) in [5.74, 6) is 0.266. The monoisotopic (exact) mass is 279 g/mol. The molecule has 1 aromatic rings. The van der Waals surface area contributed by atoms with E-state index in [0.29, 0.717) is 5.88 Å². The smallest absolute Gasteiger partial charge is 0.272 e. The third-order valence-corrected chi connectivity index (χ3v) is 3.79. The number of carbonyl (C=O) groups is 1. The molecule has 2 atom stereocenters. The number of amides is 1. The predicted octanol–water partition coefficient (Wildman–Crippen LogP) is 1.16. The molecule has 110 valence electrons. The fourth-order valence-electron chi connectivity index (χ4n) is 2.59. The van der Waals surface area contributed by atoms with Gasteiger partial charge in [-0.1, -0.05) is 19.3 Å². The van der Waals surface area contributed by atoms with Crippen molar-refractivity contribution in [3.8, 4) is 5.88 Å². The van der Waals surface area contributed by atoms with E-state index in [1.165, 1.54) is 7.11 Å². The van der Waals surface area contributed by atoms with E-state index in [-0.39, 0.29) is 30.2 Å². The Morgan fingerprint density at radius 2 is 2.15 bits per heavy atom. The summed E-state index contributed by atoms with van der Waals surface area (Å²) in [7, 11) is 1.50. The van der Waals surface area contributed by atoms with Gasteiger partial charge in [-0.2, -0.15) is 0 Å². The van der Waals surface area contributed by atoms with Crippen LogP contribution < -0.4 is 10.1 Å². The van der Waals surface area contributed by atoms with E-state index in [1.54, 1.807) is 12.1 Å². The number of aliphatic hydroxyl groups excluding tert-OH is 1. The number of aromatic nitrogens is 2. The van der Waals surface area contributed by atoms with Crippen LogP contribution in [0.25, 0.3) is 0 Å². The van der Waals surface area contributed by atoms with Crippen molar-refractivity contribution in [2.24, 2.45) is 5.92 Å². The third kappa shape index (κ3) is 3.66. The summed E-state index contributed by atoms with van der Waals surface area (Å²) in [5, 5.41) is 20.0. The maximum atomic E-state index is 12.2. The lowest BCUT2D eigenvalue weighted by molar-refractivity contribution is 0.0893. The van der Waals surface area contributed by atoms with Crippen LogP contribution in [0, 0.1) is 5.92 Å². The van der Waals surface area contributed by atoms with Gasteiger partial charge in [0.1, 0.15) is 0 Å². The molecule has 0 bridgehead atoms. The maximum absolute atomic E-state index is 12.2. The van der Waals surface area contributed by atoms with Crippen LogP contribution in [0.4, 0.5) is 0 Å². The average molecular weight is 279 g/mol. The minimum atomic E-state index is -0.245. The first-order valence-electron chi connectivity index (χ1n) is 7.04. The van der Waals surface area contributed by atoms with Crippen LogP contribution in [0.2, 0.25) is 0 Å². The molecule has 1 saturated carbocycles. The number of nitrogens with one attached hydrogen (secondary N) is 1. The summed E-state index contributed by atoms with van der Waals surface area (Å²) in [4.78, 5) is 12.2. The molecule has 0 aliphatic heterocycles. The molecule has 20 heavy (non-hydrogen) atoms. The molecular weight excluding hydrogens is 258 g/mol. The number of nitrogens with zero attached hydrogens (tertiary/aromatic N) is 2. The summed E-state index contributed by atoms with van der Waals surface area (Å²) < 4.78 is 4.91. The zero-order valence-electron chi connectivity index (χ0n) is 11.7. The molecule has 1 aliphatic carbocycles. The highest BCUT2D eigenvalue weighted by molar-refractivity contribution is 5.92. The molecule has 0 aromatic carbocycles. The van der Waals surface area contributed by atoms with Crippen LogP contribution in [-0.2, 0) is 0 Å². The maximum Gasteiger partial charge on any atom is 0.272 e. The van der Waals surface area contributed by atoms with Crippen molar-refractivity contribution < 1.29 is 14.6 Å². The van der Waals surface area contributed by atoms with Crippen molar-refractivity contribution in [1.82, 2.24) is 15.5 Å². The van der Waals surface area contributed by atoms with Gasteiger partial charge in [0, 0.05) is 24.6 Å². The Labute approximate surface area is 118 Å². The quantitative estimate of drug-likeness (QED) is 0.808. The summed E-state index contributed by atoms with van der Waals surface area (Å²) in [6.07, 6.45) is 5.21. The van der Waals surface area contributed by atoms with Crippen LogP contribution in [-0.4, -0.2) is 41.0 Å². The Bertz CT molecular complexity index is 436. The Kier molecular flexibility index (Phi) is 5.29. The lowest BCUT2D eigenvalue weighted by Crippen LogP contribution is -2.41. The van der Waals surface area contributed by atoms with Gasteiger partial charge in [0.15, 0.2) is 5.69 Å². The molecule has 0 saturated heterocycles. The molecule has 0 spiro atoms. The highest BCUT2D eigenvalue weighted by atomic mass is 16.5. The molecule has 1 heterocycles. The standard InChI is InChI=1S/C14H21N3O3/c1-20-13-8-7-12(16-17-13)14(19)15-11-6-4-2-3-5-10(11)9-18/h7-8,10-11,18H,2-6,9H2,1H3,(H,15,19)/t10-,11-/m0/s1. The molecule has 1 aromatic heterocycles. The van der Waals surface area contributed by atoms with E-state index in [2.05, 4.69) is 15.5 Å². The largest absolute Gasteiger partial charge is 0.480 e. The Morgan fingerprint density at radius 1 is 1.35 bits per heavy atom. The molecule has 1 aliphatic rings. The van der Waals surface area contributed by atoms with Crippen molar-refractivity contribution >= 4 is 5.91 Å². The minimum absolute atomic E-state index is 0.0129. The van der Waals surface area contributed by atoms with Crippen molar-refractivity contribution in [3.63, 3.8) is 0 Å². The zero-order valence-corrected chi connectivity index (χ0v) is 11.7.